The number of aromatic nitrogens is 1. The van der Waals surface area contributed by atoms with Gasteiger partial charge in [-0.3, -0.25) is 4.79 Å². The zero-order valence-corrected chi connectivity index (χ0v) is 12.5. The number of carboxylic acid groups (broad SMARTS) is 1. The quantitative estimate of drug-likeness (QED) is 0.937. The summed E-state index contributed by atoms with van der Waals surface area (Å²) in [4.78, 5) is 29.0. The summed E-state index contributed by atoms with van der Waals surface area (Å²) in [6.45, 7) is 1.36. The van der Waals surface area contributed by atoms with Gasteiger partial charge < -0.3 is 14.7 Å². The smallest absolute Gasteiger partial charge is 0.354 e. The Bertz CT molecular complexity index is 687. The van der Waals surface area contributed by atoms with Gasteiger partial charge in [0.25, 0.3) is 5.91 Å². The van der Waals surface area contributed by atoms with Crippen LogP contribution in [0.4, 0.5) is 0 Å². The molecule has 1 aliphatic rings. The summed E-state index contributed by atoms with van der Waals surface area (Å²) in [6, 6.07) is 6.41. The van der Waals surface area contributed by atoms with Crippen LogP contribution in [-0.4, -0.2) is 46.6 Å². The van der Waals surface area contributed by atoms with Crippen LogP contribution in [0.3, 0.4) is 0 Å². The maximum absolute atomic E-state index is 12.5. The average molecular weight is 318 g/mol. The third kappa shape index (κ3) is 3.00. The van der Waals surface area contributed by atoms with Crippen molar-refractivity contribution in [3.8, 4) is 0 Å². The number of carbonyl (C=O) groups excluding carboxylic acids is 1. The Balaban J connectivity index is 1.77. The van der Waals surface area contributed by atoms with Gasteiger partial charge in [-0.1, -0.05) is 6.07 Å². The minimum atomic E-state index is -1.15. The van der Waals surface area contributed by atoms with E-state index in [2.05, 4.69) is 4.98 Å². The van der Waals surface area contributed by atoms with Crippen LogP contribution in [-0.2, 0) is 4.74 Å². The fourth-order valence-electron chi connectivity index (χ4n) is 2.33. The molecule has 22 heavy (non-hydrogen) atoms. The summed E-state index contributed by atoms with van der Waals surface area (Å²) in [6.07, 6.45) is -0.147. The molecule has 1 atom stereocenters. The minimum absolute atomic E-state index is 0.131. The molecule has 0 aliphatic carbocycles. The lowest BCUT2D eigenvalue weighted by molar-refractivity contribution is -0.0228. The van der Waals surface area contributed by atoms with E-state index in [-0.39, 0.29) is 23.4 Å². The molecule has 2 aromatic heterocycles. The van der Waals surface area contributed by atoms with Gasteiger partial charge in [0.1, 0.15) is 17.5 Å². The van der Waals surface area contributed by atoms with Gasteiger partial charge in [0.05, 0.1) is 13.2 Å². The van der Waals surface area contributed by atoms with Gasteiger partial charge in [-0.05, 0) is 34.5 Å². The number of pyridine rings is 1. The molecular weight excluding hydrogens is 304 g/mol. The summed E-state index contributed by atoms with van der Waals surface area (Å²) in [5, 5.41) is 12.9. The molecule has 0 spiro atoms. The maximum Gasteiger partial charge on any atom is 0.354 e. The lowest BCUT2D eigenvalue weighted by Crippen LogP contribution is -2.42. The van der Waals surface area contributed by atoms with Crippen LogP contribution in [0.2, 0.25) is 0 Å². The number of aromatic carboxylic acids is 1. The van der Waals surface area contributed by atoms with Crippen LogP contribution in [0.15, 0.2) is 35.0 Å². The highest BCUT2D eigenvalue weighted by Crippen LogP contribution is 2.24. The van der Waals surface area contributed by atoms with E-state index in [4.69, 9.17) is 9.84 Å². The van der Waals surface area contributed by atoms with Crippen LogP contribution in [0.25, 0.3) is 0 Å². The predicted molar refractivity (Wildman–Crippen MR) is 80.1 cm³/mol. The Morgan fingerprint density at radius 2 is 2.14 bits per heavy atom. The van der Waals surface area contributed by atoms with E-state index in [9.17, 15) is 9.59 Å². The zero-order chi connectivity index (χ0) is 15.5. The second kappa shape index (κ2) is 6.25. The van der Waals surface area contributed by atoms with Crippen molar-refractivity contribution >= 4 is 23.2 Å². The van der Waals surface area contributed by atoms with Gasteiger partial charge in [0, 0.05) is 6.54 Å². The molecule has 0 bridgehead atoms. The van der Waals surface area contributed by atoms with Crippen molar-refractivity contribution in [2.75, 3.05) is 19.7 Å². The van der Waals surface area contributed by atoms with Crippen molar-refractivity contribution in [2.24, 2.45) is 0 Å². The average Bonchev–Trinajstić information content (AvgIpc) is 3.09. The molecule has 1 fully saturated rings. The molecular formula is C15H14N2O4S. The number of hydrogen-bond acceptors (Lipinski definition) is 5. The standard InChI is InChI=1S/C15H14N2O4S/c18-14(11-2-1-3-12(16-11)15(19)20)17-5-6-21-13(8-17)10-4-7-22-9-10/h1-4,7,9,13H,5-6,8H2,(H,19,20). The fraction of sp³-hybridized carbons (Fsp3) is 0.267. The summed E-state index contributed by atoms with van der Waals surface area (Å²) < 4.78 is 5.70. The van der Waals surface area contributed by atoms with Crippen LogP contribution in [0.5, 0.6) is 0 Å². The molecule has 1 unspecified atom stereocenters. The maximum atomic E-state index is 12.5. The highest BCUT2D eigenvalue weighted by atomic mass is 32.1. The second-order valence-electron chi connectivity index (χ2n) is 4.88. The molecule has 3 rings (SSSR count). The first kappa shape index (κ1) is 14.7. The molecule has 114 valence electrons. The molecule has 1 amide bonds. The first-order chi connectivity index (χ1) is 10.6. The van der Waals surface area contributed by atoms with Crippen molar-refractivity contribution in [2.45, 2.75) is 6.10 Å². The van der Waals surface area contributed by atoms with Gasteiger partial charge in [0.2, 0.25) is 0 Å². The summed E-state index contributed by atoms with van der Waals surface area (Å²) >= 11 is 1.58. The van der Waals surface area contributed by atoms with Gasteiger partial charge in [-0.15, -0.1) is 0 Å². The number of ether oxygens (including phenoxy) is 1. The Labute approximate surface area is 131 Å². The van der Waals surface area contributed by atoms with Crippen molar-refractivity contribution in [1.29, 1.82) is 0 Å². The largest absolute Gasteiger partial charge is 0.477 e. The second-order valence-corrected chi connectivity index (χ2v) is 5.66. The lowest BCUT2D eigenvalue weighted by atomic mass is 10.1. The molecule has 0 aromatic carbocycles. The first-order valence-corrected chi connectivity index (χ1v) is 7.73. The van der Waals surface area contributed by atoms with Gasteiger partial charge in [-0.25, -0.2) is 9.78 Å². The number of morpholine rings is 1. The molecule has 3 heterocycles. The summed E-state index contributed by atoms with van der Waals surface area (Å²) in [5.41, 5.74) is 1.06. The molecule has 0 saturated carbocycles. The normalized spacial score (nSPS) is 18.2. The number of hydrogen-bond donors (Lipinski definition) is 1. The molecule has 1 saturated heterocycles. The topological polar surface area (TPSA) is 79.7 Å². The van der Waals surface area contributed by atoms with Gasteiger partial charge >= 0.3 is 5.97 Å². The Morgan fingerprint density at radius 3 is 2.86 bits per heavy atom. The van der Waals surface area contributed by atoms with Crippen molar-refractivity contribution in [3.63, 3.8) is 0 Å². The van der Waals surface area contributed by atoms with E-state index in [0.29, 0.717) is 19.7 Å². The Kier molecular flexibility index (Phi) is 4.17. The number of nitrogens with zero attached hydrogens (tertiary/aromatic N) is 2. The molecule has 6 nitrogen and oxygen atoms in total. The van der Waals surface area contributed by atoms with Crippen LogP contribution in [0, 0.1) is 0 Å². The van der Waals surface area contributed by atoms with Crippen LogP contribution >= 0.6 is 11.3 Å². The van der Waals surface area contributed by atoms with E-state index in [1.54, 1.807) is 16.2 Å². The van der Waals surface area contributed by atoms with Crippen molar-refractivity contribution in [1.82, 2.24) is 9.88 Å². The third-order valence-electron chi connectivity index (χ3n) is 3.46. The van der Waals surface area contributed by atoms with E-state index >= 15 is 0 Å². The lowest BCUT2D eigenvalue weighted by Gasteiger charge is -2.32. The van der Waals surface area contributed by atoms with E-state index in [0.717, 1.165) is 5.56 Å². The van der Waals surface area contributed by atoms with E-state index < -0.39 is 5.97 Å². The molecule has 1 N–H and O–H groups in total. The van der Waals surface area contributed by atoms with Gasteiger partial charge in [0.15, 0.2) is 0 Å². The third-order valence-corrected chi connectivity index (χ3v) is 4.16. The zero-order valence-electron chi connectivity index (χ0n) is 11.6. The highest BCUT2D eigenvalue weighted by Gasteiger charge is 2.27. The Morgan fingerprint density at radius 1 is 1.32 bits per heavy atom. The Hall–Kier alpha value is -2.25. The van der Waals surface area contributed by atoms with Crippen molar-refractivity contribution in [3.05, 3.63) is 52.0 Å². The van der Waals surface area contributed by atoms with Crippen molar-refractivity contribution < 1.29 is 19.4 Å². The number of carbonyl (C=O) groups is 2. The number of rotatable bonds is 3. The molecule has 1 aliphatic heterocycles. The fourth-order valence-corrected chi connectivity index (χ4v) is 3.03. The summed E-state index contributed by atoms with van der Waals surface area (Å²) in [7, 11) is 0. The number of thiophene rings is 1. The molecule has 2 aromatic rings. The van der Waals surface area contributed by atoms with E-state index in [1.807, 2.05) is 16.8 Å². The minimum Gasteiger partial charge on any atom is -0.477 e. The molecule has 0 radical (unpaired) electrons. The predicted octanol–water partition coefficient (Wildman–Crippen LogP) is 2.05. The number of amides is 1. The van der Waals surface area contributed by atoms with Gasteiger partial charge in [-0.2, -0.15) is 11.3 Å². The van der Waals surface area contributed by atoms with Crippen LogP contribution < -0.4 is 0 Å². The summed E-state index contributed by atoms with van der Waals surface area (Å²) in [5.74, 6) is -1.42. The highest BCUT2D eigenvalue weighted by molar-refractivity contribution is 7.07. The monoisotopic (exact) mass is 318 g/mol. The number of carboxylic acids is 1. The SMILES string of the molecule is O=C(O)c1cccc(C(=O)N2CCOC(c3ccsc3)C2)n1. The first-order valence-electron chi connectivity index (χ1n) is 6.78. The van der Waals surface area contributed by atoms with Crippen LogP contribution in [0.1, 0.15) is 32.6 Å². The molecule has 7 heteroatoms. The van der Waals surface area contributed by atoms with E-state index in [1.165, 1.54) is 18.2 Å².